The van der Waals surface area contributed by atoms with Crippen molar-refractivity contribution in [2.45, 2.75) is 45.7 Å². The molecule has 0 saturated carbocycles. The van der Waals surface area contributed by atoms with Gasteiger partial charge in [-0.2, -0.15) is 0 Å². The number of carbonyl (C=O) groups excluding carboxylic acids is 1. The molecule has 1 aromatic rings. The molecule has 100 valence electrons. The standard InChI is InChI=1S/C15H24N2O/c1-4-5-6-12(2)17-11-13-7-9-14(10-8-13)15(18)16-3/h7-10,12,17H,4-6,11H2,1-3H3,(H,16,18). The first-order valence-electron chi connectivity index (χ1n) is 6.71. The van der Waals surface area contributed by atoms with E-state index in [0.717, 1.165) is 6.54 Å². The summed E-state index contributed by atoms with van der Waals surface area (Å²) in [6.45, 7) is 5.29. The summed E-state index contributed by atoms with van der Waals surface area (Å²) in [5, 5.41) is 6.12. The van der Waals surface area contributed by atoms with Crippen LogP contribution in [0.2, 0.25) is 0 Å². The van der Waals surface area contributed by atoms with Crippen molar-refractivity contribution in [1.82, 2.24) is 10.6 Å². The van der Waals surface area contributed by atoms with Crippen LogP contribution < -0.4 is 10.6 Å². The molecular weight excluding hydrogens is 224 g/mol. The first-order chi connectivity index (χ1) is 8.67. The first kappa shape index (κ1) is 14.7. The Bertz CT molecular complexity index is 359. The van der Waals surface area contributed by atoms with Gasteiger partial charge in [-0.05, 0) is 31.0 Å². The van der Waals surface area contributed by atoms with Crippen molar-refractivity contribution >= 4 is 5.91 Å². The van der Waals surface area contributed by atoms with Crippen molar-refractivity contribution in [2.75, 3.05) is 7.05 Å². The van der Waals surface area contributed by atoms with E-state index in [4.69, 9.17) is 0 Å². The monoisotopic (exact) mass is 248 g/mol. The Morgan fingerprint density at radius 1 is 1.28 bits per heavy atom. The van der Waals surface area contributed by atoms with Crippen LogP contribution in [0.15, 0.2) is 24.3 Å². The van der Waals surface area contributed by atoms with Crippen molar-refractivity contribution in [3.8, 4) is 0 Å². The second kappa shape index (κ2) is 7.88. The van der Waals surface area contributed by atoms with Crippen LogP contribution in [0.1, 0.15) is 49.0 Å². The van der Waals surface area contributed by atoms with Crippen LogP contribution >= 0.6 is 0 Å². The van der Waals surface area contributed by atoms with Gasteiger partial charge in [0.1, 0.15) is 0 Å². The van der Waals surface area contributed by atoms with E-state index in [1.807, 2.05) is 24.3 Å². The summed E-state index contributed by atoms with van der Waals surface area (Å²) >= 11 is 0. The molecule has 0 aliphatic rings. The summed E-state index contributed by atoms with van der Waals surface area (Å²) in [5.41, 5.74) is 1.92. The smallest absolute Gasteiger partial charge is 0.251 e. The second-order valence-corrected chi connectivity index (χ2v) is 4.70. The Labute approximate surface area is 110 Å². The minimum absolute atomic E-state index is 0.0363. The number of hydrogen-bond donors (Lipinski definition) is 2. The molecule has 18 heavy (non-hydrogen) atoms. The Morgan fingerprint density at radius 3 is 2.50 bits per heavy atom. The van der Waals surface area contributed by atoms with Crippen LogP contribution in [0.25, 0.3) is 0 Å². The quantitative estimate of drug-likeness (QED) is 0.779. The van der Waals surface area contributed by atoms with Gasteiger partial charge in [-0.1, -0.05) is 31.9 Å². The lowest BCUT2D eigenvalue weighted by Gasteiger charge is -2.13. The molecule has 3 heteroatoms. The van der Waals surface area contributed by atoms with Crippen molar-refractivity contribution in [3.05, 3.63) is 35.4 Å². The fourth-order valence-electron chi connectivity index (χ4n) is 1.82. The minimum atomic E-state index is -0.0363. The van der Waals surface area contributed by atoms with Gasteiger partial charge in [0.2, 0.25) is 0 Å². The van der Waals surface area contributed by atoms with Gasteiger partial charge in [-0.3, -0.25) is 4.79 Å². The summed E-state index contributed by atoms with van der Waals surface area (Å²) in [4.78, 5) is 11.4. The van der Waals surface area contributed by atoms with Crippen LogP contribution in [-0.4, -0.2) is 19.0 Å². The predicted octanol–water partition coefficient (Wildman–Crippen LogP) is 2.71. The third-order valence-electron chi connectivity index (χ3n) is 3.09. The molecule has 1 unspecified atom stereocenters. The van der Waals surface area contributed by atoms with Crippen LogP contribution in [0.4, 0.5) is 0 Å². The topological polar surface area (TPSA) is 41.1 Å². The van der Waals surface area contributed by atoms with Gasteiger partial charge in [0.15, 0.2) is 0 Å². The minimum Gasteiger partial charge on any atom is -0.355 e. The highest BCUT2D eigenvalue weighted by Crippen LogP contribution is 2.06. The van der Waals surface area contributed by atoms with Crippen molar-refractivity contribution in [2.24, 2.45) is 0 Å². The molecule has 0 bridgehead atoms. The summed E-state index contributed by atoms with van der Waals surface area (Å²) < 4.78 is 0. The number of carbonyl (C=O) groups is 1. The average molecular weight is 248 g/mol. The van der Waals surface area contributed by atoms with E-state index in [-0.39, 0.29) is 5.91 Å². The molecule has 1 amide bonds. The van der Waals surface area contributed by atoms with E-state index < -0.39 is 0 Å². The van der Waals surface area contributed by atoms with Gasteiger partial charge < -0.3 is 10.6 Å². The van der Waals surface area contributed by atoms with E-state index in [0.29, 0.717) is 11.6 Å². The normalized spacial score (nSPS) is 12.2. The number of nitrogens with one attached hydrogen (secondary N) is 2. The maximum Gasteiger partial charge on any atom is 0.251 e. The molecule has 0 aliphatic carbocycles. The summed E-state index contributed by atoms with van der Waals surface area (Å²) in [7, 11) is 1.65. The van der Waals surface area contributed by atoms with Crippen molar-refractivity contribution in [1.29, 1.82) is 0 Å². The lowest BCUT2D eigenvalue weighted by Crippen LogP contribution is -2.25. The van der Waals surface area contributed by atoms with Crippen molar-refractivity contribution in [3.63, 3.8) is 0 Å². The number of amides is 1. The molecule has 0 radical (unpaired) electrons. The highest BCUT2D eigenvalue weighted by atomic mass is 16.1. The van der Waals surface area contributed by atoms with Crippen LogP contribution in [-0.2, 0) is 6.54 Å². The molecule has 1 aromatic carbocycles. The van der Waals surface area contributed by atoms with Crippen LogP contribution in [0.3, 0.4) is 0 Å². The average Bonchev–Trinajstić information content (AvgIpc) is 2.42. The van der Waals surface area contributed by atoms with Gasteiger partial charge in [0, 0.05) is 25.2 Å². The highest BCUT2D eigenvalue weighted by molar-refractivity contribution is 5.93. The lowest BCUT2D eigenvalue weighted by molar-refractivity contribution is 0.0963. The van der Waals surface area contributed by atoms with Gasteiger partial charge in [-0.25, -0.2) is 0 Å². The molecular formula is C15H24N2O. The third-order valence-corrected chi connectivity index (χ3v) is 3.09. The van der Waals surface area contributed by atoms with Gasteiger partial charge in [-0.15, -0.1) is 0 Å². The van der Waals surface area contributed by atoms with E-state index in [9.17, 15) is 4.79 Å². The zero-order valence-corrected chi connectivity index (χ0v) is 11.6. The Balaban J connectivity index is 2.41. The van der Waals surface area contributed by atoms with Gasteiger partial charge in [0.05, 0.1) is 0 Å². The zero-order valence-electron chi connectivity index (χ0n) is 11.6. The summed E-state index contributed by atoms with van der Waals surface area (Å²) in [6.07, 6.45) is 3.73. The fraction of sp³-hybridized carbons (Fsp3) is 0.533. The summed E-state index contributed by atoms with van der Waals surface area (Å²) in [5.74, 6) is -0.0363. The van der Waals surface area contributed by atoms with E-state index in [2.05, 4.69) is 24.5 Å². The van der Waals surface area contributed by atoms with E-state index in [1.54, 1.807) is 7.05 Å². The molecule has 0 fully saturated rings. The second-order valence-electron chi connectivity index (χ2n) is 4.70. The number of benzene rings is 1. The Morgan fingerprint density at radius 2 is 1.94 bits per heavy atom. The number of rotatable bonds is 7. The van der Waals surface area contributed by atoms with Crippen molar-refractivity contribution < 1.29 is 4.79 Å². The lowest BCUT2D eigenvalue weighted by atomic mass is 10.1. The molecule has 0 heterocycles. The maximum atomic E-state index is 11.4. The number of unbranched alkanes of at least 4 members (excludes halogenated alkanes) is 1. The third kappa shape index (κ3) is 4.88. The molecule has 0 saturated heterocycles. The van der Waals surface area contributed by atoms with E-state index in [1.165, 1.54) is 24.8 Å². The van der Waals surface area contributed by atoms with Crippen LogP contribution in [0.5, 0.6) is 0 Å². The van der Waals surface area contributed by atoms with E-state index >= 15 is 0 Å². The maximum absolute atomic E-state index is 11.4. The number of hydrogen-bond acceptors (Lipinski definition) is 2. The summed E-state index contributed by atoms with van der Waals surface area (Å²) in [6, 6.07) is 8.29. The molecule has 0 aromatic heterocycles. The molecule has 2 N–H and O–H groups in total. The molecule has 0 spiro atoms. The van der Waals surface area contributed by atoms with Gasteiger partial charge >= 0.3 is 0 Å². The Kier molecular flexibility index (Phi) is 6.44. The Hall–Kier alpha value is -1.35. The largest absolute Gasteiger partial charge is 0.355 e. The zero-order chi connectivity index (χ0) is 13.4. The van der Waals surface area contributed by atoms with Crippen LogP contribution in [0, 0.1) is 0 Å². The van der Waals surface area contributed by atoms with Gasteiger partial charge in [0.25, 0.3) is 5.91 Å². The fourth-order valence-corrected chi connectivity index (χ4v) is 1.82. The molecule has 1 rings (SSSR count). The predicted molar refractivity (Wildman–Crippen MR) is 75.7 cm³/mol. The first-order valence-corrected chi connectivity index (χ1v) is 6.71. The molecule has 1 atom stereocenters. The molecule has 0 aliphatic heterocycles. The SMILES string of the molecule is CCCCC(C)NCc1ccc(C(=O)NC)cc1. The molecule has 3 nitrogen and oxygen atoms in total. The highest BCUT2D eigenvalue weighted by Gasteiger charge is 2.03.